The molecule has 0 aliphatic carbocycles. The lowest BCUT2D eigenvalue weighted by molar-refractivity contribution is -0.121. The van der Waals surface area contributed by atoms with E-state index in [9.17, 15) is 14.4 Å². The number of carbonyl (C=O) groups is 2. The summed E-state index contributed by atoms with van der Waals surface area (Å²) in [5.74, 6) is 0.531. The summed E-state index contributed by atoms with van der Waals surface area (Å²) in [4.78, 5) is 34.6. The molecule has 14 heavy (non-hydrogen) atoms. The van der Waals surface area contributed by atoms with Crippen molar-refractivity contribution in [3.8, 4) is 0 Å². The molecule has 1 aliphatic heterocycles. The van der Waals surface area contributed by atoms with Gasteiger partial charge in [0.15, 0.2) is 11.6 Å². The molecule has 0 unspecified atom stereocenters. The van der Waals surface area contributed by atoms with Gasteiger partial charge in [-0.1, -0.05) is 5.16 Å². The number of hydrogen-bond donors (Lipinski definition) is 1. The lowest BCUT2D eigenvalue weighted by Crippen LogP contribution is -2.52. The van der Waals surface area contributed by atoms with E-state index < -0.39 is 17.6 Å². The van der Waals surface area contributed by atoms with E-state index in [1.807, 2.05) is 0 Å². The van der Waals surface area contributed by atoms with E-state index in [-0.39, 0.29) is 5.70 Å². The number of rotatable bonds is 0. The molecule has 0 saturated carbocycles. The number of hydrogen-bond acceptors (Lipinski definition) is 5. The molecule has 0 spiro atoms. The maximum absolute atomic E-state index is 11.3. The van der Waals surface area contributed by atoms with Crippen LogP contribution >= 0.6 is 0 Å². The van der Waals surface area contributed by atoms with E-state index in [1.165, 1.54) is 20.0 Å². The molecule has 0 aromatic carbocycles. The molecule has 1 N–H and O–H groups in total. The first-order valence-corrected chi connectivity index (χ1v) is 3.57. The Balaban J connectivity index is 3.30. The highest BCUT2D eigenvalue weighted by Gasteiger charge is 2.37. The highest BCUT2D eigenvalue weighted by Crippen LogP contribution is 2.13. The van der Waals surface area contributed by atoms with Gasteiger partial charge in [-0.25, -0.2) is 9.59 Å². The Morgan fingerprint density at radius 3 is 2.29 bits per heavy atom. The number of nitrogens with zero attached hydrogens (tertiary/aromatic N) is 3. The molecule has 7 nitrogen and oxygen atoms in total. The van der Waals surface area contributed by atoms with Gasteiger partial charge in [-0.15, -0.1) is 0 Å². The van der Waals surface area contributed by atoms with E-state index in [0.29, 0.717) is 0 Å². The molecule has 1 heterocycles. The average molecular weight is 197 g/mol. The molecule has 0 aromatic rings. The molecule has 0 radical (unpaired) electrons. The number of carbonyl (C=O) groups excluding carboxylic acids is 3. The Morgan fingerprint density at radius 1 is 1.29 bits per heavy atom. The van der Waals surface area contributed by atoms with Gasteiger partial charge in [0, 0.05) is 14.1 Å². The highest BCUT2D eigenvalue weighted by molar-refractivity contribution is 6.50. The second-order valence-electron chi connectivity index (χ2n) is 2.61. The maximum Gasteiger partial charge on any atom is 0.331 e. The summed E-state index contributed by atoms with van der Waals surface area (Å²) in [6, 6.07) is -0.680. The standard InChI is InChI=1S/C7H7N3O4/c1-9-4(3-11)5(8-14)6(12)10(2)7(9)13/h14H,1-2H3/b8-5+. The van der Waals surface area contributed by atoms with Gasteiger partial charge in [-0.2, -0.15) is 0 Å². The third-order valence-electron chi connectivity index (χ3n) is 1.84. The normalized spacial score (nSPS) is 20.4. The number of imide groups is 1. The van der Waals surface area contributed by atoms with Crippen LogP contribution in [0.3, 0.4) is 0 Å². The van der Waals surface area contributed by atoms with E-state index in [4.69, 9.17) is 5.21 Å². The Bertz CT molecular complexity index is 380. The van der Waals surface area contributed by atoms with E-state index in [0.717, 1.165) is 9.80 Å². The minimum absolute atomic E-state index is 0.374. The molecule has 3 amide bonds. The summed E-state index contributed by atoms with van der Waals surface area (Å²) in [7, 11) is 2.49. The monoisotopic (exact) mass is 197 g/mol. The Morgan fingerprint density at radius 2 is 1.86 bits per heavy atom. The number of oxime groups is 1. The molecule has 1 rings (SSSR count). The molecule has 0 bridgehead atoms. The lowest BCUT2D eigenvalue weighted by Gasteiger charge is -2.28. The number of urea groups is 1. The first kappa shape index (κ1) is 9.94. The van der Waals surface area contributed by atoms with Crippen LogP contribution in [-0.2, 0) is 9.59 Å². The van der Waals surface area contributed by atoms with Crippen LogP contribution < -0.4 is 0 Å². The molecule has 1 aliphatic rings. The van der Waals surface area contributed by atoms with Crippen LogP contribution in [0, 0.1) is 0 Å². The van der Waals surface area contributed by atoms with Crippen LogP contribution in [0.15, 0.2) is 10.9 Å². The first-order valence-electron chi connectivity index (χ1n) is 3.57. The van der Waals surface area contributed by atoms with Crippen molar-refractivity contribution in [2.75, 3.05) is 14.1 Å². The quantitative estimate of drug-likeness (QED) is 0.308. The van der Waals surface area contributed by atoms with Crippen molar-refractivity contribution in [1.82, 2.24) is 9.80 Å². The van der Waals surface area contributed by atoms with Gasteiger partial charge in [-0.05, 0) is 0 Å². The molecular weight excluding hydrogens is 190 g/mol. The number of amides is 3. The lowest BCUT2D eigenvalue weighted by atomic mass is 10.2. The molecule has 0 aromatic heterocycles. The largest absolute Gasteiger partial charge is 0.410 e. The van der Waals surface area contributed by atoms with Gasteiger partial charge >= 0.3 is 6.03 Å². The van der Waals surface area contributed by atoms with Gasteiger partial charge in [-0.3, -0.25) is 14.6 Å². The van der Waals surface area contributed by atoms with Crippen LogP contribution in [0.4, 0.5) is 4.79 Å². The van der Waals surface area contributed by atoms with Crippen molar-refractivity contribution in [2.45, 2.75) is 0 Å². The van der Waals surface area contributed by atoms with Crippen molar-refractivity contribution in [2.24, 2.45) is 5.16 Å². The van der Waals surface area contributed by atoms with Crippen molar-refractivity contribution >= 4 is 23.6 Å². The fourth-order valence-corrected chi connectivity index (χ4v) is 1.03. The maximum atomic E-state index is 11.3. The van der Waals surface area contributed by atoms with Crippen molar-refractivity contribution in [3.63, 3.8) is 0 Å². The topological polar surface area (TPSA) is 90.3 Å². The smallest absolute Gasteiger partial charge is 0.331 e. The van der Waals surface area contributed by atoms with Crippen LogP contribution in [0.1, 0.15) is 0 Å². The summed E-state index contributed by atoms with van der Waals surface area (Å²) >= 11 is 0. The van der Waals surface area contributed by atoms with E-state index in [2.05, 4.69) is 5.16 Å². The summed E-state index contributed by atoms with van der Waals surface area (Å²) in [5.41, 5.74) is -0.870. The first-order chi connectivity index (χ1) is 6.54. The molecule has 1 saturated heterocycles. The summed E-state index contributed by atoms with van der Waals surface area (Å²) in [5, 5.41) is 11.1. The van der Waals surface area contributed by atoms with Gasteiger partial charge in [0.2, 0.25) is 5.71 Å². The van der Waals surface area contributed by atoms with Crippen molar-refractivity contribution < 1.29 is 19.6 Å². The Kier molecular flexibility index (Phi) is 2.35. The van der Waals surface area contributed by atoms with E-state index >= 15 is 0 Å². The van der Waals surface area contributed by atoms with Crippen LogP contribution in [0.5, 0.6) is 0 Å². The predicted octanol–water partition coefficient (Wildman–Crippen LogP) is -0.944. The summed E-state index contributed by atoms with van der Waals surface area (Å²) < 4.78 is 0. The van der Waals surface area contributed by atoms with Crippen LogP contribution in [0.25, 0.3) is 0 Å². The molecule has 74 valence electrons. The summed E-state index contributed by atoms with van der Waals surface area (Å²) in [6.07, 6.45) is 0. The Labute approximate surface area is 78.9 Å². The Hall–Kier alpha value is -2.14. The van der Waals surface area contributed by atoms with Gasteiger partial charge < -0.3 is 5.21 Å². The zero-order valence-corrected chi connectivity index (χ0v) is 7.51. The van der Waals surface area contributed by atoms with Crippen molar-refractivity contribution in [1.29, 1.82) is 0 Å². The third kappa shape index (κ3) is 1.16. The predicted molar refractivity (Wildman–Crippen MR) is 44.4 cm³/mol. The van der Waals surface area contributed by atoms with Crippen LogP contribution in [-0.4, -0.2) is 52.7 Å². The third-order valence-corrected chi connectivity index (χ3v) is 1.84. The van der Waals surface area contributed by atoms with Crippen molar-refractivity contribution in [3.05, 3.63) is 5.70 Å². The summed E-state index contributed by atoms with van der Waals surface area (Å²) in [6.45, 7) is 0. The van der Waals surface area contributed by atoms with Gasteiger partial charge in [0.1, 0.15) is 0 Å². The van der Waals surface area contributed by atoms with E-state index in [1.54, 1.807) is 0 Å². The molecule has 7 heteroatoms. The zero-order valence-electron chi connectivity index (χ0n) is 7.51. The van der Waals surface area contributed by atoms with Gasteiger partial charge in [0.05, 0.1) is 0 Å². The second-order valence-corrected chi connectivity index (χ2v) is 2.61. The highest BCUT2D eigenvalue weighted by atomic mass is 16.4. The zero-order chi connectivity index (χ0) is 10.9. The molecular formula is C7H7N3O4. The van der Waals surface area contributed by atoms with Gasteiger partial charge in [0.25, 0.3) is 5.91 Å². The van der Waals surface area contributed by atoms with Crippen LogP contribution in [0.2, 0.25) is 0 Å². The minimum atomic E-state index is -0.839. The second kappa shape index (κ2) is 3.31. The average Bonchev–Trinajstić information content (AvgIpc) is 2.20. The minimum Gasteiger partial charge on any atom is -0.410 e. The molecule has 1 fully saturated rings. The fraction of sp³-hybridized carbons (Fsp3) is 0.286. The fourth-order valence-electron chi connectivity index (χ4n) is 1.03. The molecule has 0 atom stereocenters. The SMILES string of the molecule is CN1C(=O)/C(=N/O)C(=C=O)N(C)C1=O.